The lowest BCUT2D eigenvalue weighted by Crippen LogP contribution is -2.50. The Balaban J connectivity index is 4.41. The highest BCUT2D eigenvalue weighted by Gasteiger charge is 2.31. The topological polar surface area (TPSA) is 185 Å². The molecular weight excluding hydrogens is 300 g/mol. The number of nitrogens with two attached hydrogens (primary N) is 1. The van der Waals surface area contributed by atoms with Gasteiger partial charge in [-0.3, -0.25) is 9.59 Å². The van der Waals surface area contributed by atoms with Crippen molar-refractivity contribution in [1.82, 2.24) is 4.90 Å². The predicted molar refractivity (Wildman–Crippen MR) is 73.6 cm³/mol. The van der Waals surface area contributed by atoms with Crippen LogP contribution in [0, 0.1) is 0 Å². The molecule has 10 nitrogen and oxygen atoms in total. The highest BCUT2D eigenvalue weighted by atomic mass is 16.4. The first-order valence-corrected chi connectivity index (χ1v) is 6.64. The van der Waals surface area contributed by atoms with E-state index in [2.05, 4.69) is 0 Å². The maximum Gasteiger partial charge on any atom is 0.304 e. The van der Waals surface area contributed by atoms with Gasteiger partial charge in [0.2, 0.25) is 5.91 Å². The van der Waals surface area contributed by atoms with Gasteiger partial charge in [0, 0.05) is 26.1 Å². The summed E-state index contributed by atoms with van der Waals surface area (Å²) in [6, 6.07) is -0.878. The number of aliphatic carboxylic acids is 1. The van der Waals surface area contributed by atoms with Crippen LogP contribution in [-0.2, 0) is 9.59 Å². The van der Waals surface area contributed by atoms with E-state index in [1.54, 1.807) is 0 Å². The molecule has 0 rings (SSSR count). The second-order valence-electron chi connectivity index (χ2n) is 5.13. The molecule has 0 aliphatic rings. The number of amides is 1. The molecule has 0 heterocycles. The molecule has 0 aromatic carbocycles. The summed E-state index contributed by atoms with van der Waals surface area (Å²) in [7, 11) is 1.31. The molecule has 5 atom stereocenters. The van der Waals surface area contributed by atoms with Crippen molar-refractivity contribution in [2.75, 3.05) is 20.2 Å². The molecular formula is C12H24N2O8. The third-order valence-electron chi connectivity index (χ3n) is 3.09. The normalized spacial score (nSPS) is 18.1. The van der Waals surface area contributed by atoms with Crippen molar-refractivity contribution in [2.24, 2.45) is 5.73 Å². The van der Waals surface area contributed by atoms with Crippen LogP contribution in [0.5, 0.6) is 0 Å². The number of rotatable bonds is 10. The molecule has 0 saturated heterocycles. The second-order valence-corrected chi connectivity index (χ2v) is 5.13. The van der Waals surface area contributed by atoms with Crippen LogP contribution in [0.25, 0.3) is 0 Å². The smallest absolute Gasteiger partial charge is 0.304 e. The van der Waals surface area contributed by atoms with Crippen molar-refractivity contribution in [2.45, 2.75) is 43.3 Å². The van der Waals surface area contributed by atoms with Gasteiger partial charge in [0.25, 0.3) is 0 Å². The average Bonchev–Trinajstić information content (AvgIpc) is 2.43. The highest BCUT2D eigenvalue weighted by molar-refractivity contribution is 5.77. The molecule has 0 spiro atoms. The molecule has 1 unspecified atom stereocenters. The number of carboxylic acid groups (broad SMARTS) is 1. The zero-order valence-electron chi connectivity index (χ0n) is 12.2. The van der Waals surface area contributed by atoms with E-state index >= 15 is 0 Å². The van der Waals surface area contributed by atoms with Gasteiger partial charge in [-0.2, -0.15) is 0 Å². The van der Waals surface area contributed by atoms with Crippen LogP contribution < -0.4 is 5.73 Å². The minimum Gasteiger partial charge on any atom is -0.481 e. The summed E-state index contributed by atoms with van der Waals surface area (Å²) in [6.45, 7) is -1.17. The molecule has 22 heavy (non-hydrogen) atoms. The van der Waals surface area contributed by atoms with Gasteiger partial charge in [0.15, 0.2) is 0 Å². The number of hydrogen-bond donors (Lipinski definition) is 7. The molecule has 0 radical (unpaired) electrons. The molecule has 0 fully saturated rings. The Kier molecular flexibility index (Phi) is 9.09. The van der Waals surface area contributed by atoms with Crippen molar-refractivity contribution in [1.29, 1.82) is 0 Å². The van der Waals surface area contributed by atoms with Crippen molar-refractivity contribution in [3.63, 3.8) is 0 Å². The Labute approximate surface area is 127 Å². The predicted octanol–water partition coefficient (Wildman–Crippen LogP) is -3.93. The van der Waals surface area contributed by atoms with Crippen molar-refractivity contribution in [3.05, 3.63) is 0 Å². The summed E-state index contributed by atoms with van der Waals surface area (Å²) in [5.41, 5.74) is 5.47. The van der Waals surface area contributed by atoms with E-state index in [0.29, 0.717) is 0 Å². The Hall–Kier alpha value is -1.30. The van der Waals surface area contributed by atoms with Gasteiger partial charge < -0.3 is 41.3 Å². The third-order valence-corrected chi connectivity index (χ3v) is 3.09. The number of carboxylic acids is 1. The Morgan fingerprint density at radius 2 is 1.55 bits per heavy atom. The fourth-order valence-corrected chi connectivity index (χ4v) is 1.73. The van der Waals surface area contributed by atoms with Gasteiger partial charge in [0.1, 0.15) is 24.4 Å². The number of carbonyl (C=O) groups excluding carboxylic acids is 1. The minimum absolute atomic E-state index is 0.257. The summed E-state index contributed by atoms with van der Waals surface area (Å²) in [5.74, 6) is -1.68. The largest absolute Gasteiger partial charge is 0.481 e. The number of nitrogens with zero attached hydrogens (tertiary/aromatic N) is 1. The average molecular weight is 324 g/mol. The lowest BCUT2D eigenvalue weighted by molar-refractivity contribution is -0.139. The molecule has 0 bridgehead atoms. The summed E-state index contributed by atoms with van der Waals surface area (Å²) < 4.78 is 0. The van der Waals surface area contributed by atoms with Crippen LogP contribution in [0.2, 0.25) is 0 Å². The number of aliphatic hydroxyl groups is 5. The van der Waals surface area contributed by atoms with E-state index in [-0.39, 0.29) is 19.4 Å². The number of aliphatic hydroxyl groups excluding tert-OH is 5. The van der Waals surface area contributed by atoms with Crippen molar-refractivity contribution in [3.8, 4) is 0 Å². The highest BCUT2D eigenvalue weighted by Crippen LogP contribution is 2.07. The SMILES string of the molecule is CN(C[C@H](O)[C@@H](O)[C@H](O)[C@H](O)CO)C(=O)CC(N)CC(=O)O. The maximum absolute atomic E-state index is 11.8. The van der Waals surface area contributed by atoms with Gasteiger partial charge >= 0.3 is 5.97 Å². The first-order chi connectivity index (χ1) is 10.1. The monoisotopic (exact) mass is 324 g/mol. The Morgan fingerprint density at radius 3 is 2.00 bits per heavy atom. The molecule has 130 valence electrons. The van der Waals surface area contributed by atoms with E-state index in [9.17, 15) is 24.9 Å². The maximum atomic E-state index is 11.8. The van der Waals surface area contributed by atoms with Gasteiger partial charge in [-0.15, -0.1) is 0 Å². The Morgan fingerprint density at radius 1 is 1.05 bits per heavy atom. The number of likely N-dealkylation sites (N-methyl/N-ethyl adjacent to an activating group) is 1. The fourth-order valence-electron chi connectivity index (χ4n) is 1.73. The molecule has 0 aliphatic carbocycles. The van der Waals surface area contributed by atoms with Gasteiger partial charge in [-0.25, -0.2) is 0 Å². The van der Waals surface area contributed by atoms with Gasteiger partial charge in [-0.1, -0.05) is 0 Å². The minimum atomic E-state index is -1.78. The number of hydrogen-bond acceptors (Lipinski definition) is 8. The molecule has 0 aliphatic heterocycles. The van der Waals surface area contributed by atoms with E-state index in [1.165, 1.54) is 7.05 Å². The third kappa shape index (κ3) is 7.11. The zero-order chi connectivity index (χ0) is 17.4. The van der Waals surface area contributed by atoms with Crippen LogP contribution in [0.15, 0.2) is 0 Å². The molecule has 0 aromatic heterocycles. The van der Waals surface area contributed by atoms with E-state index in [4.69, 9.17) is 21.1 Å². The molecule has 8 N–H and O–H groups in total. The summed E-state index contributed by atoms with van der Waals surface area (Å²) in [4.78, 5) is 23.2. The van der Waals surface area contributed by atoms with Gasteiger partial charge in [-0.05, 0) is 0 Å². The van der Waals surface area contributed by atoms with Gasteiger partial charge in [0.05, 0.1) is 13.0 Å². The summed E-state index contributed by atoms with van der Waals surface area (Å²) >= 11 is 0. The van der Waals surface area contributed by atoms with E-state index in [1.807, 2.05) is 0 Å². The van der Waals surface area contributed by atoms with Crippen LogP contribution in [-0.4, -0.2) is 98.1 Å². The summed E-state index contributed by atoms with van der Waals surface area (Å²) in [5, 5.41) is 55.1. The fraction of sp³-hybridized carbons (Fsp3) is 0.833. The van der Waals surface area contributed by atoms with Crippen LogP contribution in [0.3, 0.4) is 0 Å². The molecule has 0 saturated carbocycles. The Bertz CT molecular complexity index is 367. The molecule has 0 aromatic rings. The number of carbonyl (C=O) groups is 2. The van der Waals surface area contributed by atoms with Crippen molar-refractivity contribution >= 4 is 11.9 Å². The standard InChI is InChI=1S/C12H24N2O8/c1-14(9(18)2-6(13)3-10(19)20)4-7(16)11(21)12(22)8(17)5-15/h6-8,11-12,15-17,21-22H,2-5,13H2,1H3,(H,19,20)/t6?,7-,8+,11+,12+/m0/s1. The van der Waals surface area contributed by atoms with Crippen LogP contribution in [0.1, 0.15) is 12.8 Å². The molecule has 1 amide bonds. The lowest BCUT2D eigenvalue weighted by atomic mass is 10.0. The molecule has 10 heteroatoms. The lowest BCUT2D eigenvalue weighted by Gasteiger charge is -2.29. The summed E-state index contributed by atoms with van der Waals surface area (Å²) in [6.07, 6.45) is -7.39. The van der Waals surface area contributed by atoms with Crippen LogP contribution >= 0.6 is 0 Å². The first kappa shape index (κ1) is 20.7. The van der Waals surface area contributed by atoms with Crippen LogP contribution in [0.4, 0.5) is 0 Å². The quantitative estimate of drug-likeness (QED) is 0.211. The van der Waals surface area contributed by atoms with E-state index < -0.39 is 48.9 Å². The second kappa shape index (κ2) is 9.66. The van der Waals surface area contributed by atoms with Crippen molar-refractivity contribution < 1.29 is 40.2 Å². The van der Waals surface area contributed by atoms with E-state index in [0.717, 1.165) is 4.90 Å². The first-order valence-electron chi connectivity index (χ1n) is 6.64. The zero-order valence-corrected chi connectivity index (χ0v) is 12.2.